The number of carbonyl (C=O) groups is 1. The van der Waals surface area contributed by atoms with E-state index in [2.05, 4.69) is 15.5 Å². The molecule has 104 valence electrons. The van der Waals surface area contributed by atoms with Gasteiger partial charge in [-0.3, -0.25) is 9.69 Å². The first kappa shape index (κ1) is 13.6. The molecule has 1 amide bonds. The second-order valence-corrected chi connectivity index (χ2v) is 4.59. The lowest BCUT2D eigenvalue weighted by Gasteiger charge is -2.27. The summed E-state index contributed by atoms with van der Waals surface area (Å²) < 4.78 is 0. The van der Waals surface area contributed by atoms with Gasteiger partial charge in [-0.1, -0.05) is 0 Å². The summed E-state index contributed by atoms with van der Waals surface area (Å²) in [6.07, 6.45) is 0. The number of nitrogens with zero attached hydrogens (tertiary/aromatic N) is 1. The van der Waals surface area contributed by atoms with Gasteiger partial charge in [0, 0.05) is 50.9 Å². The van der Waals surface area contributed by atoms with Crippen LogP contribution in [0.5, 0.6) is 11.5 Å². The normalized spacial score (nSPS) is 16.2. The minimum Gasteiger partial charge on any atom is -0.508 e. The predicted molar refractivity (Wildman–Crippen MR) is 71.4 cm³/mol. The summed E-state index contributed by atoms with van der Waals surface area (Å²) in [5, 5.41) is 24.7. The summed E-state index contributed by atoms with van der Waals surface area (Å²) in [6, 6.07) is 3.86. The Balaban J connectivity index is 1.80. The van der Waals surface area contributed by atoms with Crippen molar-refractivity contribution in [1.82, 2.24) is 15.5 Å². The molecule has 0 radical (unpaired) electrons. The number of carbonyl (C=O) groups excluding carboxylic acids is 1. The van der Waals surface area contributed by atoms with Gasteiger partial charge in [0.2, 0.25) is 0 Å². The van der Waals surface area contributed by atoms with E-state index >= 15 is 0 Å². The average molecular weight is 265 g/mol. The van der Waals surface area contributed by atoms with E-state index in [4.69, 9.17) is 0 Å². The van der Waals surface area contributed by atoms with Crippen molar-refractivity contribution < 1.29 is 15.0 Å². The molecule has 0 unspecified atom stereocenters. The van der Waals surface area contributed by atoms with Crippen molar-refractivity contribution in [2.24, 2.45) is 0 Å². The average Bonchev–Trinajstić information content (AvgIpc) is 2.38. The molecule has 1 fully saturated rings. The van der Waals surface area contributed by atoms with Crippen LogP contribution in [0.25, 0.3) is 0 Å². The molecule has 1 aromatic rings. The Morgan fingerprint density at radius 2 is 1.84 bits per heavy atom. The van der Waals surface area contributed by atoms with Crippen LogP contribution in [-0.2, 0) is 0 Å². The molecule has 6 nitrogen and oxygen atoms in total. The number of benzene rings is 1. The summed E-state index contributed by atoms with van der Waals surface area (Å²) in [5.41, 5.74) is 0.262. The maximum atomic E-state index is 11.8. The molecule has 19 heavy (non-hydrogen) atoms. The predicted octanol–water partition coefficient (Wildman–Crippen LogP) is -0.267. The number of hydrogen-bond acceptors (Lipinski definition) is 5. The van der Waals surface area contributed by atoms with Crippen molar-refractivity contribution in [1.29, 1.82) is 0 Å². The largest absolute Gasteiger partial charge is 0.508 e. The molecule has 0 aliphatic carbocycles. The lowest BCUT2D eigenvalue weighted by atomic mass is 10.2. The standard InChI is InChI=1S/C13H19N3O3/c17-11-7-10(8-12(18)9-11)13(19)15-3-6-16-4-1-14-2-5-16/h7-9,14,17-18H,1-6H2,(H,15,19). The highest BCUT2D eigenvalue weighted by molar-refractivity contribution is 5.95. The highest BCUT2D eigenvalue weighted by Crippen LogP contribution is 2.20. The van der Waals surface area contributed by atoms with E-state index in [9.17, 15) is 15.0 Å². The van der Waals surface area contributed by atoms with Crippen molar-refractivity contribution in [2.45, 2.75) is 0 Å². The van der Waals surface area contributed by atoms with Gasteiger partial charge >= 0.3 is 0 Å². The zero-order valence-electron chi connectivity index (χ0n) is 10.7. The van der Waals surface area contributed by atoms with Crippen LogP contribution in [0.1, 0.15) is 10.4 Å². The van der Waals surface area contributed by atoms with Crippen molar-refractivity contribution in [3.63, 3.8) is 0 Å². The highest BCUT2D eigenvalue weighted by Gasteiger charge is 2.11. The quantitative estimate of drug-likeness (QED) is 0.602. The highest BCUT2D eigenvalue weighted by atomic mass is 16.3. The molecule has 0 aromatic heterocycles. The molecular formula is C13H19N3O3. The van der Waals surface area contributed by atoms with Crippen molar-refractivity contribution >= 4 is 5.91 Å². The van der Waals surface area contributed by atoms with Gasteiger partial charge in [0.05, 0.1) is 0 Å². The van der Waals surface area contributed by atoms with Gasteiger partial charge in [-0.05, 0) is 12.1 Å². The maximum absolute atomic E-state index is 11.8. The van der Waals surface area contributed by atoms with Crippen LogP contribution in [0.4, 0.5) is 0 Å². The number of phenols is 2. The van der Waals surface area contributed by atoms with E-state index in [1.54, 1.807) is 0 Å². The number of nitrogens with one attached hydrogen (secondary N) is 2. The lowest BCUT2D eigenvalue weighted by molar-refractivity contribution is 0.0946. The Bertz CT molecular complexity index is 425. The molecule has 1 aliphatic heterocycles. The first-order chi connectivity index (χ1) is 9.15. The van der Waals surface area contributed by atoms with Gasteiger partial charge in [0.1, 0.15) is 11.5 Å². The molecule has 1 aliphatic rings. The summed E-state index contributed by atoms with van der Waals surface area (Å²) in [7, 11) is 0. The Morgan fingerprint density at radius 3 is 2.47 bits per heavy atom. The minimum absolute atomic E-state index is 0.118. The van der Waals surface area contributed by atoms with Crippen molar-refractivity contribution in [3.8, 4) is 11.5 Å². The number of phenolic OH excluding ortho intramolecular Hbond substituents is 2. The fourth-order valence-corrected chi connectivity index (χ4v) is 2.09. The third-order valence-electron chi connectivity index (χ3n) is 3.09. The van der Waals surface area contributed by atoms with E-state index in [0.717, 1.165) is 32.7 Å². The molecule has 1 saturated heterocycles. The zero-order valence-corrected chi connectivity index (χ0v) is 10.7. The van der Waals surface area contributed by atoms with Crippen LogP contribution in [-0.4, -0.2) is 60.3 Å². The molecule has 0 saturated carbocycles. The topological polar surface area (TPSA) is 84.8 Å². The van der Waals surface area contributed by atoms with Crippen molar-refractivity contribution in [3.05, 3.63) is 23.8 Å². The SMILES string of the molecule is O=C(NCCN1CCNCC1)c1cc(O)cc(O)c1. The number of amides is 1. The lowest BCUT2D eigenvalue weighted by Crippen LogP contribution is -2.46. The van der Waals surface area contributed by atoms with E-state index in [1.165, 1.54) is 18.2 Å². The second kappa shape index (κ2) is 6.40. The molecule has 1 aromatic carbocycles. The number of piperazine rings is 1. The molecule has 1 heterocycles. The molecule has 4 N–H and O–H groups in total. The van der Waals surface area contributed by atoms with Crippen LogP contribution in [0.2, 0.25) is 0 Å². The Kier molecular flexibility index (Phi) is 4.59. The van der Waals surface area contributed by atoms with Crippen LogP contribution in [0, 0.1) is 0 Å². The first-order valence-electron chi connectivity index (χ1n) is 6.39. The Hall–Kier alpha value is -1.79. The molecule has 0 atom stereocenters. The van der Waals surface area contributed by atoms with Gasteiger partial charge < -0.3 is 20.8 Å². The second-order valence-electron chi connectivity index (χ2n) is 4.59. The molecular weight excluding hydrogens is 246 g/mol. The summed E-state index contributed by atoms with van der Waals surface area (Å²) in [4.78, 5) is 14.1. The number of hydrogen-bond donors (Lipinski definition) is 4. The zero-order chi connectivity index (χ0) is 13.7. The minimum atomic E-state index is -0.290. The van der Waals surface area contributed by atoms with Crippen LogP contribution < -0.4 is 10.6 Å². The van der Waals surface area contributed by atoms with Crippen molar-refractivity contribution in [2.75, 3.05) is 39.3 Å². The third kappa shape index (κ3) is 4.11. The summed E-state index contributed by atoms with van der Waals surface area (Å²) in [6.45, 7) is 5.29. The Morgan fingerprint density at radius 1 is 1.21 bits per heavy atom. The van der Waals surface area contributed by atoms with Crippen LogP contribution in [0.3, 0.4) is 0 Å². The molecule has 0 spiro atoms. The van der Waals surface area contributed by atoms with Gasteiger partial charge in [-0.25, -0.2) is 0 Å². The third-order valence-corrected chi connectivity index (χ3v) is 3.09. The number of rotatable bonds is 4. The number of aromatic hydroxyl groups is 2. The smallest absolute Gasteiger partial charge is 0.251 e. The summed E-state index contributed by atoms with van der Waals surface area (Å²) >= 11 is 0. The van der Waals surface area contributed by atoms with Gasteiger partial charge in [0.15, 0.2) is 0 Å². The Labute approximate surface area is 112 Å². The molecule has 2 rings (SSSR count). The van der Waals surface area contributed by atoms with E-state index in [1.807, 2.05) is 0 Å². The van der Waals surface area contributed by atoms with E-state index < -0.39 is 0 Å². The fourth-order valence-electron chi connectivity index (χ4n) is 2.09. The van der Waals surface area contributed by atoms with Crippen LogP contribution >= 0.6 is 0 Å². The fraction of sp³-hybridized carbons (Fsp3) is 0.462. The monoisotopic (exact) mass is 265 g/mol. The summed E-state index contributed by atoms with van der Waals surface area (Å²) in [5.74, 6) is -0.527. The van der Waals surface area contributed by atoms with E-state index in [0.29, 0.717) is 6.54 Å². The maximum Gasteiger partial charge on any atom is 0.251 e. The molecule has 0 bridgehead atoms. The van der Waals surface area contributed by atoms with Gasteiger partial charge in [-0.15, -0.1) is 0 Å². The van der Waals surface area contributed by atoms with Gasteiger partial charge in [0.25, 0.3) is 5.91 Å². The van der Waals surface area contributed by atoms with Crippen LogP contribution in [0.15, 0.2) is 18.2 Å². The van der Waals surface area contributed by atoms with E-state index in [-0.39, 0.29) is 23.0 Å². The molecule has 6 heteroatoms. The first-order valence-corrected chi connectivity index (χ1v) is 6.39. The van der Waals surface area contributed by atoms with Gasteiger partial charge in [-0.2, -0.15) is 0 Å².